The molecule has 12 nitrogen and oxygen atoms in total. The summed E-state index contributed by atoms with van der Waals surface area (Å²) < 4.78 is 60.0. The topological polar surface area (TPSA) is 157 Å². The SMILES string of the molecule is CC(C)(C)C[C@]1(c2ccc(-c3cnn(C(F)F)c3)cc2)NC(=N)N([C@H](COC(N)=O)c2ccc(Cl)c(-n3ncnc3C(F)F)c2)C1=O. The first-order valence-corrected chi connectivity index (χ1v) is 14.5. The number of guanidine groups is 1. The van der Waals surface area contributed by atoms with Crippen LogP contribution in [0.2, 0.25) is 5.02 Å². The number of ether oxygens (including phenoxy) is 1. The van der Waals surface area contributed by atoms with Gasteiger partial charge in [0, 0.05) is 11.8 Å². The summed E-state index contributed by atoms with van der Waals surface area (Å²) in [4.78, 5) is 31.1. The lowest BCUT2D eigenvalue weighted by Crippen LogP contribution is -2.47. The summed E-state index contributed by atoms with van der Waals surface area (Å²) in [7, 11) is 0. The fourth-order valence-electron chi connectivity index (χ4n) is 5.64. The Bertz CT molecular complexity index is 1810. The fourth-order valence-corrected chi connectivity index (χ4v) is 5.84. The highest BCUT2D eigenvalue weighted by Gasteiger charge is 2.54. The number of rotatable bonds is 10. The summed E-state index contributed by atoms with van der Waals surface area (Å²) in [5.74, 6) is -1.57. The van der Waals surface area contributed by atoms with Gasteiger partial charge in [0.25, 0.3) is 12.3 Å². The van der Waals surface area contributed by atoms with Crippen LogP contribution in [0.15, 0.2) is 61.2 Å². The Morgan fingerprint density at radius 1 is 1.11 bits per heavy atom. The molecule has 5 rings (SSSR count). The number of alkyl halides is 4. The Kier molecular flexibility index (Phi) is 8.99. The molecule has 1 saturated heterocycles. The van der Waals surface area contributed by atoms with E-state index in [-0.39, 0.29) is 28.7 Å². The Morgan fingerprint density at radius 3 is 2.40 bits per heavy atom. The first kappa shape index (κ1) is 33.4. The molecule has 4 N–H and O–H groups in total. The lowest BCUT2D eigenvalue weighted by molar-refractivity contribution is -0.134. The minimum atomic E-state index is -2.98. The smallest absolute Gasteiger partial charge is 0.404 e. The molecule has 3 heterocycles. The summed E-state index contributed by atoms with van der Waals surface area (Å²) in [6.45, 7) is 2.45. The van der Waals surface area contributed by atoms with E-state index in [0.717, 1.165) is 15.9 Å². The summed E-state index contributed by atoms with van der Waals surface area (Å²) in [5.41, 5.74) is 5.07. The molecule has 0 spiro atoms. The molecular weight excluding hydrogens is 646 g/mol. The molecule has 0 bridgehead atoms. The number of primary amides is 1. The second-order valence-corrected chi connectivity index (χ2v) is 12.5. The van der Waals surface area contributed by atoms with Gasteiger partial charge >= 0.3 is 12.6 Å². The van der Waals surface area contributed by atoms with E-state index in [9.17, 15) is 27.2 Å². The Morgan fingerprint density at radius 2 is 1.81 bits per heavy atom. The number of nitrogens with zero attached hydrogens (tertiary/aromatic N) is 6. The average Bonchev–Trinajstić information content (AvgIpc) is 3.73. The molecule has 0 saturated carbocycles. The van der Waals surface area contributed by atoms with Crippen LogP contribution in [0.4, 0.5) is 22.4 Å². The summed E-state index contributed by atoms with van der Waals surface area (Å²) in [6, 6.07) is 9.76. The van der Waals surface area contributed by atoms with Crippen LogP contribution in [0.25, 0.3) is 16.8 Å². The van der Waals surface area contributed by atoms with Crippen LogP contribution in [0.5, 0.6) is 0 Å². The van der Waals surface area contributed by atoms with Crippen LogP contribution in [-0.4, -0.2) is 54.0 Å². The van der Waals surface area contributed by atoms with Gasteiger partial charge in [0.1, 0.15) is 18.5 Å². The number of carbonyl (C=O) groups is 2. The van der Waals surface area contributed by atoms with Gasteiger partial charge in [0.2, 0.25) is 0 Å². The maximum absolute atomic E-state index is 14.6. The second kappa shape index (κ2) is 12.7. The molecule has 248 valence electrons. The zero-order valence-electron chi connectivity index (χ0n) is 25.3. The predicted octanol–water partition coefficient (Wildman–Crippen LogP) is 5.95. The molecule has 4 aromatic rings. The van der Waals surface area contributed by atoms with Gasteiger partial charge in [-0.05, 0) is 40.7 Å². The summed E-state index contributed by atoms with van der Waals surface area (Å²) in [6.07, 6.45) is -0.471. The van der Waals surface area contributed by atoms with Gasteiger partial charge in [-0.25, -0.2) is 27.9 Å². The van der Waals surface area contributed by atoms with Crippen molar-refractivity contribution in [3.63, 3.8) is 0 Å². The molecule has 1 fully saturated rings. The highest BCUT2D eigenvalue weighted by atomic mass is 35.5. The van der Waals surface area contributed by atoms with Crippen molar-refractivity contribution >= 4 is 29.6 Å². The maximum Gasteiger partial charge on any atom is 0.404 e. The Labute approximate surface area is 271 Å². The van der Waals surface area contributed by atoms with Crippen LogP contribution in [0.3, 0.4) is 0 Å². The van der Waals surface area contributed by atoms with Gasteiger partial charge in [-0.1, -0.05) is 62.7 Å². The van der Waals surface area contributed by atoms with E-state index >= 15 is 0 Å². The van der Waals surface area contributed by atoms with Crippen molar-refractivity contribution in [1.29, 1.82) is 5.41 Å². The van der Waals surface area contributed by atoms with Crippen molar-refractivity contribution < 1.29 is 31.9 Å². The number of benzene rings is 2. The van der Waals surface area contributed by atoms with Crippen molar-refractivity contribution in [3.05, 3.63) is 83.2 Å². The van der Waals surface area contributed by atoms with Crippen molar-refractivity contribution in [2.45, 2.75) is 51.7 Å². The average molecular weight is 676 g/mol. The van der Waals surface area contributed by atoms with Crippen molar-refractivity contribution in [1.82, 2.24) is 34.8 Å². The van der Waals surface area contributed by atoms with Crippen LogP contribution >= 0.6 is 11.6 Å². The molecule has 2 atom stereocenters. The highest BCUT2D eigenvalue weighted by molar-refractivity contribution is 6.32. The zero-order chi connectivity index (χ0) is 34.3. The van der Waals surface area contributed by atoms with Crippen molar-refractivity contribution in [2.75, 3.05) is 6.61 Å². The molecule has 1 aliphatic heterocycles. The lowest BCUT2D eigenvalue weighted by atomic mass is 9.75. The van der Waals surface area contributed by atoms with Crippen LogP contribution in [0.1, 0.15) is 63.2 Å². The number of halogens is 5. The van der Waals surface area contributed by atoms with Gasteiger partial charge in [-0.15, -0.1) is 0 Å². The van der Waals surface area contributed by atoms with E-state index in [4.69, 9.17) is 27.5 Å². The number of amides is 2. The molecule has 2 amide bonds. The molecule has 2 aromatic heterocycles. The molecule has 47 heavy (non-hydrogen) atoms. The van der Waals surface area contributed by atoms with E-state index < -0.39 is 54.4 Å². The summed E-state index contributed by atoms with van der Waals surface area (Å²) >= 11 is 6.37. The minimum absolute atomic E-state index is 0.0129. The van der Waals surface area contributed by atoms with Crippen molar-refractivity contribution in [3.8, 4) is 16.8 Å². The van der Waals surface area contributed by atoms with E-state index in [1.807, 2.05) is 20.8 Å². The molecular formula is C30H30ClF4N9O3. The monoisotopic (exact) mass is 675 g/mol. The zero-order valence-corrected chi connectivity index (χ0v) is 26.1. The number of hydrogen-bond donors (Lipinski definition) is 3. The quantitative estimate of drug-likeness (QED) is 0.175. The maximum atomic E-state index is 14.6. The molecule has 17 heteroatoms. The van der Waals surface area contributed by atoms with Gasteiger partial charge in [-0.2, -0.15) is 19.0 Å². The number of hydrogen-bond acceptors (Lipinski definition) is 7. The molecule has 0 radical (unpaired) electrons. The largest absolute Gasteiger partial charge is 0.447 e. The van der Waals surface area contributed by atoms with Gasteiger partial charge in [0.05, 0.1) is 22.9 Å². The molecule has 0 aliphatic carbocycles. The van der Waals surface area contributed by atoms with E-state index in [2.05, 4.69) is 20.5 Å². The van der Waals surface area contributed by atoms with Crippen molar-refractivity contribution in [2.24, 2.45) is 11.1 Å². The van der Waals surface area contributed by atoms with Gasteiger partial charge < -0.3 is 15.8 Å². The van der Waals surface area contributed by atoms with Gasteiger partial charge in [0.15, 0.2) is 11.8 Å². The van der Waals surface area contributed by atoms with Gasteiger partial charge in [-0.3, -0.25) is 15.1 Å². The standard InChI is InChI=1S/C30H30ClF4N9O3/c1-29(2,3)14-30(19-7-4-16(5-8-19)18-11-39-42(12-18)26(34)35)25(45)43(27(36)41-30)22(13-47-28(37)46)17-6-9-20(31)21(10-17)44-24(23(32)33)38-15-40-44/h4-12,15,22-23,26H,13-14H2,1-3H3,(H2,36,41)(H2,37,46)/t22-,30-/m1/s1. The van der Waals surface area contributed by atoms with E-state index in [0.29, 0.717) is 21.4 Å². The number of nitrogens with one attached hydrogen (secondary N) is 2. The van der Waals surface area contributed by atoms with E-state index in [1.54, 1.807) is 24.3 Å². The third-order valence-electron chi connectivity index (χ3n) is 7.51. The number of aromatic nitrogens is 5. The first-order valence-electron chi connectivity index (χ1n) is 14.1. The number of carbonyl (C=O) groups excluding carboxylic acids is 2. The number of nitrogens with two attached hydrogens (primary N) is 1. The first-order chi connectivity index (χ1) is 22.1. The molecule has 2 aromatic carbocycles. The van der Waals surface area contributed by atoms with Crippen LogP contribution in [0, 0.1) is 10.8 Å². The second-order valence-electron chi connectivity index (χ2n) is 12.0. The molecule has 0 unspecified atom stereocenters. The fraction of sp³-hybridized carbons (Fsp3) is 0.333. The Balaban J connectivity index is 1.58. The normalized spacial score (nSPS) is 17.4. The lowest BCUT2D eigenvalue weighted by Gasteiger charge is -2.35. The third-order valence-corrected chi connectivity index (χ3v) is 7.83. The highest BCUT2D eigenvalue weighted by Crippen LogP contribution is 2.43. The van der Waals surface area contributed by atoms with Crippen LogP contribution in [-0.2, 0) is 15.1 Å². The van der Waals surface area contributed by atoms with Crippen LogP contribution < -0.4 is 11.1 Å². The minimum Gasteiger partial charge on any atom is -0.447 e. The predicted molar refractivity (Wildman–Crippen MR) is 162 cm³/mol. The summed E-state index contributed by atoms with van der Waals surface area (Å²) in [5, 5.41) is 19.6. The van der Waals surface area contributed by atoms with E-state index in [1.165, 1.54) is 30.6 Å². The third kappa shape index (κ3) is 6.63. The Hall–Kier alpha value is -4.99. The molecule has 1 aliphatic rings.